The van der Waals surface area contributed by atoms with Crippen molar-refractivity contribution < 1.29 is 8.42 Å². The summed E-state index contributed by atoms with van der Waals surface area (Å²) >= 11 is 2.03. The molecular formula is C14H28N2O2S2. The molecule has 2 aliphatic rings. The molecule has 0 aromatic carbocycles. The molecule has 0 aromatic rings. The lowest BCUT2D eigenvalue weighted by atomic mass is 9.81. The van der Waals surface area contributed by atoms with Gasteiger partial charge in [-0.05, 0) is 37.4 Å². The minimum atomic E-state index is -3.00. The molecule has 1 N–H and O–H groups in total. The lowest BCUT2D eigenvalue weighted by Gasteiger charge is -2.42. The van der Waals surface area contributed by atoms with Crippen LogP contribution in [0.1, 0.15) is 40.0 Å². The minimum absolute atomic E-state index is 0.220. The first-order valence-corrected chi connectivity index (χ1v) is 10.4. The van der Waals surface area contributed by atoms with Crippen molar-refractivity contribution in [2.75, 3.05) is 30.3 Å². The first-order valence-electron chi connectivity index (χ1n) is 7.67. The average molecular weight is 321 g/mol. The van der Waals surface area contributed by atoms with Gasteiger partial charge in [0.1, 0.15) is 0 Å². The Kier molecular flexibility index (Phi) is 5.43. The summed E-state index contributed by atoms with van der Waals surface area (Å²) in [7, 11) is -3.00. The van der Waals surface area contributed by atoms with Gasteiger partial charge in [0.15, 0.2) is 0 Å². The zero-order chi connectivity index (χ0) is 14.8. The molecule has 0 amide bonds. The Hall–Kier alpha value is 0.220. The van der Waals surface area contributed by atoms with Crippen molar-refractivity contribution >= 4 is 21.8 Å². The number of rotatable bonds is 4. The summed E-state index contributed by atoms with van der Waals surface area (Å²) in [4.78, 5) is 0. The maximum absolute atomic E-state index is 11.9. The van der Waals surface area contributed by atoms with Crippen LogP contribution < -0.4 is 5.32 Å². The Balaban J connectivity index is 1.85. The van der Waals surface area contributed by atoms with E-state index >= 15 is 0 Å². The van der Waals surface area contributed by atoms with Gasteiger partial charge in [-0.2, -0.15) is 11.8 Å². The van der Waals surface area contributed by atoms with Crippen LogP contribution in [0.25, 0.3) is 0 Å². The molecule has 0 spiro atoms. The third-order valence-corrected chi connectivity index (χ3v) is 7.71. The zero-order valence-electron chi connectivity index (χ0n) is 12.9. The number of piperidine rings is 1. The predicted molar refractivity (Wildman–Crippen MR) is 86.7 cm³/mol. The molecule has 2 rings (SSSR count). The van der Waals surface area contributed by atoms with Crippen LogP contribution >= 0.6 is 11.8 Å². The second-order valence-corrected chi connectivity index (χ2v) is 10.0. The summed E-state index contributed by atoms with van der Waals surface area (Å²) in [5.74, 6) is 2.66. The van der Waals surface area contributed by atoms with Crippen molar-refractivity contribution in [1.29, 1.82) is 0 Å². The average Bonchev–Trinajstić information content (AvgIpc) is 2.42. The largest absolute Gasteiger partial charge is 0.310 e. The van der Waals surface area contributed by atoms with Crippen LogP contribution in [-0.4, -0.2) is 55.2 Å². The van der Waals surface area contributed by atoms with E-state index in [0.29, 0.717) is 30.6 Å². The highest BCUT2D eigenvalue weighted by molar-refractivity contribution is 7.99. The van der Waals surface area contributed by atoms with Crippen molar-refractivity contribution in [3.8, 4) is 0 Å². The van der Waals surface area contributed by atoms with Crippen LogP contribution in [0.15, 0.2) is 0 Å². The fourth-order valence-electron chi connectivity index (χ4n) is 2.98. The minimum Gasteiger partial charge on any atom is -0.310 e. The molecule has 2 heterocycles. The number of hydrogen-bond acceptors (Lipinski definition) is 4. The van der Waals surface area contributed by atoms with Gasteiger partial charge in [0.25, 0.3) is 0 Å². The molecule has 0 aromatic heterocycles. The van der Waals surface area contributed by atoms with E-state index in [1.165, 1.54) is 17.9 Å². The van der Waals surface area contributed by atoms with Gasteiger partial charge in [-0.15, -0.1) is 0 Å². The summed E-state index contributed by atoms with van der Waals surface area (Å²) in [6.45, 7) is 7.77. The maximum atomic E-state index is 11.9. The van der Waals surface area contributed by atoms with Crippen LogP contribution in [0, 0.1) is 5.41 Å². The van der Waals surface area contributed by atoms with Crippen LogP contribution in [0.3, 0.4) is 0 Å². The Morgan fingerprint density at radius 3 is 2.50 bits per heavy atom. The van der Waals surface area contributed by atoms with Crippen molar-refractivity contribution in [3.05, 3.63) is 0 Å². The summed E-state index contributed by atoms with van der Waals surface area (Å²) in [5.41, 5.74) is 0.359. The third-order valence-electron chi connectivity index (χ3n) is 4.77. The highest BCUT2D eigenvalue weighted by Crippen LogP contribution is 2.34. The van der Waals surface area contributed by atoms with Crippen molar-refractivity contribution in [2.45, 2.75) is 52.1 Å². The molecular weight excluding hydrogens is 292 g/mol. The van der Waals surface area contributed by atoms with Gasteiger partial charge in [0, 0.05) is 30.9 Å². The summed E-state index contributed by atoms with van der Waals surface area (Å²) in [6.07, 6.45) is 3.14. The van der Waals surface area contributed by atoms with E-state index < -0.39 is 10.0 Å². The number of thioether (sulfide) groups is 1. The third kappa shape index (κ3) is 3.90. The molecule has 2 saturated heterocycles. The number of sulfonamides is 1. The van der Waals surface area contributed by atoms with E-state index in [4.69, 9.17) is 0 Å². The molecule has 0 saturated carbocycles. The lowest BCUT2D eigenvalue weighted by molar-refractivity contribution is 0.198. The van der Waals surface area contributed by atoms with E-state index in [0.717, 1.165) is 12.8 Å². The van der Waals surface area contributed by atoms with E-state index in [1.807, 2.05) is 11.8 Å². The smallest absolute Gasteiger partial charge is 0.213 e. The zero-order valence-corrected chi connectivity index (χ0v) is 14.5. The maximum Gasteiger partial charge on any atom is 0.213 e. The number of nitrogens with zero attached hydrogens (tertiary/aromatic N) is 1. The van der Waals surface area contributed by atoms with Crippen LogP contribution in [-0.2, 0) is 10.0 Å². The molecule has 1 unspecified atom stereocenters. The van der Waals surface area contributed by atoms with E-state index in [2.05, 4.69) is 19.2 Å². The van der Waals surface area contributed by atoms with Crippen LogP contribution in [0.4, 0.5) is 0 Å². The van der Waals surface area contributed by atoms with Gasteiger partial charge in [-0.3, -0.25) is 0 Å². The van der Waals surface area contributed by atoms with Crippen LogP contribution in [0.5, 0.6) is 0 Å². The SMILES string of the molecule is CCS(=O)(=O)N1CCC(NC2CSCCC2(C)C)CC1. The van der Waals surface area contributed by atoms with Gasteiger partial charge in [-0.1, -0.05) is 13.8 Å². The van der Waals surface area contributed by atoms with Crippen molar-refractivity contribution in [2.24, 2.45) is 5.41 Å². The highest BCUT2D eigenvalue weighted by Gasteiger charge is 2.35. The van der Waals surface area contributed by atoms with Crippen LogP contribution in [0.2, 0.25) is 0 Å². The van der Waals surface area contributed by atoms with Gasteiger partial charge in [0.2, 0.25) is 10.0 Å². The molecule has 1 atom stereocenters. The normalized spacial score (nSPS) is 29.4. The number of nitrogens with one attached hydrogen (secondary N) is 1. The van der Waals surface area contributed by atoms with E-state index in [1.54, 1.807) is 11.2 Å². The van der Waals surface area contributed by atoms with Crippen molar-refractivity contribution in [3.63, 3.8) is 0 Å². The Morgan fingerprint density at radius 1 is 1.30 bits per heavy atom. The lowest BCUT2D eigenvalue weighted by Crippen LogP contribution is -2.54. The summed E-state index contributed by atoms with van der Waals surface area (Å²) in [6, 6.07) is 1.03. The highest BCUT2D eigenvalue weighted by atomic mass is 32.2. The quantitative estimate of drug-likeness (QED) is 0.860. The Bertz CT molecular complexity index is 415. The van der Waals surface area contributed by atoms with Gasteiger partial charge in [0.05, 0.1) is 5.75 Å². The molecule has 2 aliphatic heterocycles. The topological polar surface area (TPSA) is 49.4 Å². The molecule has 118 valence electrons. The molecule has 6 heteroatoms. The number of hydrogen-bond donors (Lipinski definition) is 1. The Labute approximate surface area is 128 Å². The fraction of sp³-hybridized carbons (Fsp3) is 1.00. The van der Waals surface area contributed by atoms with Gasteiger partial charge >= 0.3 is 0 Å². The van der Waals surface area contributed by atoms with Crippen molar-refractivity contribution in [1.82, 2.24) is 9.62 Å². The Morgan fingerprint density at radius 2 is 1.95 bits per heavy atom. The van der Waals surface area contributed by atoms with Gasteiger partial charge < -0.3 is 5.32 Å². The first kappa shape index (κ1) is 16.6. The molecule has 4 nitrogen and oxygen atoms in total. The first-order chi connectivity index (χ1) is 9.35. The fourth-order valence-corrected chi connectivity index (χ4v) is 5.73. The second kappa shape index (κ2) is 6.55. The van der Waals surface area contributed by atoms with E-state index in [-0.39, 0.29) is 5.75 Å². The van der Waals surface area contributed by atoms with E-state index in [9.17, 15) is 8.42 Å². The summed E-state index contributed by atoms with van der Waals surface area (Å²) in [5, 5.41) is 3.80. The second-order valence-electron chi connectivity index (χ2n) is 6.61. The predicted octanol–water partition coefficient (Wildman–Crippen LogP) is 1.92. The molecule has 0 radical (unpaired) electrons. The van der Waals surface area contributed by atoms with Gasteiger partial charge in [-0.25, -0.2) is 12.7 Å². The standard InChI is InChI=1S/C14H28N2O2S2/c1-4-20(17,18)16-8-5-12(6-9-16)15-13-11-19-10-7-14(13,2)3/h12-13,15H,4-11H2,1-3H3. The molecule has 0 bridgehead atoms. The molecule has 20 heavy (non-hydrogen) atoms. The molecule has 2 fully saturated rings. The summed E-state index contributed by atoms with van der Waals surface area (Å²) < 4.78 is 25.4. The monoisotopic (exact) mass is 320 g/mol. The molecule has 0 aliphatic carbocycles.